The molecule has 20 heavy (non-hydrogen) atoms. The van der Waals surface area contributed by atoms with E-state index in [0.717, 1.165) is 0 Å². The Hall–Kier alpha value is -1.63. The van der Waals surface area contributed by atoms with Gasteiger partial charge in [0.2, 0.25) is 0 Å². The van der Waals surface area contributed by atoms with Gasteiger partial charge in [-0.25, -0.2) is 8.42 Å². The van der Waals surface area contributed by atoms with Gasteiger partial charge in [0, 0.05) is 11.3 Å². The number of hydrogen-bond acceptors (Lipinski definition) is 3. The number of halogens is 1. The van der Waals surface area contributed by atoms with E-state index in [1.54, 1.807) is 36.4 Å². The smallest absolute Gasteiger partial charge is 0.263 e. The van der Waals surface area contributed by atoms with Crippen molar-refractivity contribution in [3.05, 3.63) is 59.1 Å². The van der Waals surface area contributed by atoms with Crippen LogP contribution in [-0.4, -0.2) is 13.4 Å². The van der Waals surface area contributed by atoms with Crippen molar-refractivity contribution in [3.63, 3.8) is 0 Å². The van der Waals surface area contributed by atoms with Crippen molar-refractivity contribution >= 4 is 44.5 Å². The van der Waals surface area contributed by atoms with Crippen LogP contribution in [0.4, 0.5) is 5.69 Å². The SMILES string of the molecule is NC(=S)c1cccc(NS(=O)(=O)c2ccccc2Cl)c1. The zero-order valence-corrected chi connectivity index (χ0v) is 12.6. The fourth-order valence-electron chi connectivity index (χ4n) is 1.61. The molecule has 0 fully saturated rings. The molecule has 0 aliphatic carbocycles. The molecule has 0 aliphatic rings. The molecule has 104 valence electrons. The van der Waals surface area contributed by atoms with Crippen molar-refractivity contribution in [2.45, 2.75) is 4.90 Å². The number of benzene rings is 2. The van der Waals surface area contributed by atoms with Crippen LogP contribution in [0.2, 0.25) is 5.02 Å². The van der Waals surface area contributed by atoms with Crippen LogP contribution in [0.1, 0.15) is 5.56 Å². The monoisotopic (exact) mass is 326 g/mol. The fourth-order valence-corrected chi connectivity index (χ4v) is 3.31. The summed E-state index contributed by atoms with van der Waals surface area (Å²) in [6, 6.07) is 12.8. The molecular formula is C13H11ClN2O2S2. The Bertz CT molecular complexity index is 760. The summed E-state index contributed by atoms with van der Waals surface area (Å²) >= 11 is 10.8. The average molecular weight is 327 g/mol. The molecule has 7 heteroatoms. The largest absolute Gasteiger partial charge is 0.389 e. The first-order valence-electron chi connectivity index (χ1n) is 5.57. The summed E-state index contributed by atoms with van der Waals surface area (Å²) in [6.07, 6.45) is 0. The van der Waals surface area contributed by atoms with Crippen LogP contribution in [0.5, 0.6) is 0 Å². The van der Waals surface area contributed by atoms with Gasteiger partial charge in [-0.3, -0.25) is 4.72 Å². The Morgan fingerprint density at radius 3 is 2.50 bits per heavy atom. The molecule has 0 amide bonds. The van der Waals surface area contributed by atoms with Crippen LogP contribution in [0.3, 0.4) is 0 Å². The van der Waals surface area contributed by atoms with Crippen LogP contribution in [-0.2, 0) is 10.0 Å². The van der Waals surface area contributed by atoms with Gasteiger partial charge in [-0.15, -0.1) is 0 Å². The van der Waals surface area contributed by atoms with Crippen LogP contribution in [0, 0.1) is 0 Å². The fraction of sp³-hybridized carbons (Fsp3) is 0. The van der Waals surface area contributed by atoms with Crippen LogP contribution < -0.4 is 10.5 Å². The van der Waals surface area contributed by atoms with E-state index in [0.29, 0.717) is 11.3 Å². The van der Waals surface area contributed by atoms with Crippen molar-refractivity contribution in [1.29, 1.82) is 0 Å². The first-order valence-corrected chi connectivity index (χ1v) is 7.84. The summed E-state index contributed by atoms with van der Waals surface area (Å²) in [7, 11) is -3.75. The molecule has 0 radical (unpaired) electrons. The minimum atomic E-state index is -3.75. The number of hydrogen-bond donors (Lipinski definition) is 2. The second-order valence-corrected chi connectivity index (χ2v) is 6.48. The van der Waals surface area contributed by atoms with E-state index >= 15 is 0 Å². The summed E-state index contributed by atoms with van der Waals surface area (Å²) in [6.45, 7) is 0. The highest BCUT2D eigenvalue weighted by atomic mass is 35.5. The molecule has 0 saturated heterocycles. The van der Waals surface area contributed by atoms with Crippen molar-refractivity contribution in [3.8, 4) is 0 Å². The third-order valence-electron chi connectivity index (χ3n) is 2.53. The number of sulfonamides is 1. The number of nitrogens with one attached hydrogen (secondary N) is 1. The molecule has 2 aromatic rings. The summed E-state index contributed by atoms with van der Waals surface area (Å²) in [5, 5.41) is 0.158. The number of anilines is 1. The van der Waals surface area contributed by atoms with Gasteiger partial charge in [0.25, 0.3) is 10.0 Å². The lowest BCUT2D eigenvalue weighted by molar-refractivity contribution is 0.601. The van der Waals surface area contributed by atoms with E-state index in [1.165, 1.54) is 12.1 Å². The minimum Gasteiger partial charge on any atom is -0.389 e. The third-order valence-corrected chi connectivity index (χ3v) is 4.64. The van der Waals surface area contributed by atoms with Crippen molar-refractivity contribution in [2.75, 3.05) is 4.72 Å². The van der Waals surface area contributed by atoms with Gasteiger partial charge in [0.15, 0.2) is 0 Å². The average Bonchev–Trinajstić information content (AvgIpc) is 2.38. The molecule has 0 aromatic heterocycles. The molecular weight excluding hydrogens is 316 g/mol. The van der Waals surface area contributed by atoms with Crippen molar-refractivity contribution < 1.29 is 8.42 Å². The Kier molecular flexibility index (Phi) is 4.27. The standard InChI is InChI=1S/C13H11ClN2O2S2/c14-11-6-1-2-7-12(11)20(17,18)16-10-5-3-4-9(8-10)13(15)19/h1-8,16H,(H2,15,19). The molecule has 0 spiro atoms. The Morgan fingerprint density at radius 2 is 1.85 bits per heavy atom. The lowest BCUT2D eigenvalue weighted by Gasteiger charge is -2.10. The highest BCUT2D eigenvalue weighted by Gasteiger charge is 2.17. The molecule has 0 atom stereocenters. The Labute approximate surface area is 127 Å². The quantitative estimate of drug-likeness (QED) is 0.847. The molecule has 0 bridgehead atoms. The second-order valence-electron chi connectivity index (χ2n) is 3.98. The maximum absolute atomic E-state index is 12.2. The number of nitrogens with two attached hydrogens (primary N) is 1. The van der Waals surface area contributed by atoms with E-state index in [1.807, 2.05) is 0 Å². The van der Waals surface area contributed by atoms with Gasteiger partial charge >= 0.3 is 0 Å². The molecule has 0 heterocycles. The lowest BCUT2D eigenvalue weighted by Crippen LogP contribution is -2.15. The molecule has 4 nitrogen and oxygen atoms in total. The van der Waals surface area contributed by atoms with Gasteiger partial charge in [0.1, 0.15) is 9.88 Å². The van der Waals surface area contributed by atoms with Crippen LogP contribution in [0.15, 0.2) is 53.4 Å². The normalized spacial score (nSPS) is 11.1. The molecule has 0 unspecified atom stereocenters. The van der Waals surface area contributed by atoms with Gasteiger partial charge in [-0.05, 0) is 24.3 Å². The highest BCUT2D eigenvalue weighted by Crippen LogP contribution is 2.23. The molecule has 2 rings (SSSR count). The Balaban J connectivity index is 2.36. The molecule has 2 aromatic carbocycles. The van der Waals surface area contributed by atoms with E-state index < -0.39 is 10.0 Å². The number of thiocarbonyl (C=S) groups is 1. The van der Waals surface area contributed by atoms with Gasteiger partial charge < -0.3 is 5.73 Å². The van der Waals surface area contributed by atoms with Gasteiger partial charge in [-0.2, -0.15) is 0 Å². The molecule has 0 aliphatic heterocycles. The minimum absolute atomic E-state index is 0.0161. The summed E-state index contributed by atoms with van der Waals surface area (Å²) in [5.41, 5.74) is 6.47. The predicted octanol–water partition coefficient (Wildman–Crippen LogP) is 2.78. The van der Waals surface area contributed by atoms with Crippen molar-refractivity contribution in [2.24, 2.45) is 5.73 Å². The lowest BCUT2D eigenvalue weighted by atomic mass is 10.2. The first kappa shape index (κ1) is 14.8. The third kappa shape index (κ3) is 3.27. The molecule has 3 N–H and O–H groups in total. The molecule has 0 saturated carbocycles. The predicted molar refractivity (Wildman–Crippen MR) is 84.6 cm³/mol. The first-order chi connectivity index (χ1) is 9.40. The van der Waals surface area contributed by atoms with E-state index in [9.17, 15) is 8.42 Å². The maximum Gasteiger partial charge on any atom is 0.263 e. The van der Waals surface area contributed by atoms with Crippen LogP contribution in [0.25, 0.3) is 0 Å². The van der Waals surface area contributed by atoms with E-state index in [4.69, 9.17) is 29.6 Å². The zero-order chi connectivity index (χ0) is 14.8. The van der Waals surface area contributed by atoms with Gasteiger partial charge in [0.05, 0.1) is 5.02 Å². The summed E-state index contributed by atoms with van der Waals surface area (Å²) in [5.74, 6) is 0. The van der Waals surface area contributed by atoms with E-state index in [2.05, 4.69) is 4.72 Å². The van der Waals surface area contributed by atoms with Gasteiger partial charge in [-0.1, -0.05) is 48.1 Å². The topological polar surface area (TPSA) is 72.2 Å². The van der Waals surface area contributed by atoms with E-state index in [-0.39, 0.29) is 14.9 Å². The second kappa shape index (κ2) is 5.78. The van der Waals surface area contributed by atoms with Crippen LogP contribution >= 0.6 is 23.8 Å². The Morgan fingerprint density at radius 1 is 1.15 bits per heavy atom. The highest BCUT2D eigenvalue weighted by molar-refractivity contribution is 7.92. The summed E-state index contributed by atoms with van der Waals surface area (Å²) < 4.78 is 26.9. The maximum atomic E-state index is 12.2. The number of rotatable bonds is 4. The zero-order valence-electron chi connectivity index (χ0n) is 10.2. The summed E-state index contributed by atoms with van der Waals surface area (Å²) in [4.78, 5) is 0.214. The van der Waals surface area contributed by atoms with Crippen molar-refractivity contribution in [1.82, 2.24) is 0 Å².